The molecule has 2 aromatic rings. The van der Waals surface area contributed by atoms with Crippen LogP contribution in [0.5, 0.6) is 0 Å². The van der Waals surface area contributed by atoms with E-state index in [4.69, 9.17) is 0 Å². The smallest absolute Gasteiger partial charge is 0.241 e. The number of carbonyl (C=O) groups is 1. The second-order valence-corrected chi connectivity index (χ2v) is 6.90. The molecule has 24 heavy (non-hydrogen) atoms. The van der Waals surface area contributed by atoms with Crippen molar-refractivity contribution in [2.45, 2.75) is 24.9 Å². The van der Waals surface area contributed by atoms with Crippen LogP contribution in [0.15, 0.2) is 54.6 Å². The number of para-hydroxylation sites is 1. The van der Waals surface area contributed by atoms with Crippen LogP contribution < -0.4 is 10.2 Å². The van der Waals surface area contributed by atoms with Gasteiger partial charge in [-0.15, -0.1) is 0 Å². The molecule has 1 fully saturated rings. The van der Waals surface area contributed by atoms with E-state index in [-0.39, 0.29) is 17.1 Å². The van der Waals surface area contributed by atoms with Crippen molar-refractivity contribution < 1.29 is 9.18 Å². The van der Waals surface area contributed by atoms with Gasteiger partial charge in [0.15, 0.2) is 0 Å². The number of rotatable bonds is 2. The molecule has 1 unspecified atom stereocenters. The molecule has 2 aliphatic heterocycles. The van der Waals surface area contributed by atoms with Gasteiger partial charge in [0, 0.05) is 16.7 Å². The number of hydrogen-bond acceptors (Lipinski definition) is 2. The standard InChI is InChI=1S/C20H19FN2O/c1-19(2)15-8-4-6-10-17(15)23-13-18(24)22-20(19,23)12-11-14-7-3-5-9-16(14)21/h3-12H,13H2,1-2H3,(H,22,24). The fourth-order valence-corrected chi connectivity index (χ4v) is 3.96. The second kappa shape index (κ2) is 4.94. The third kappa shape index (κ3) is 1.86. The number of nitrogens with zero attached hydrogens (tertiary/aromatic N) is 1. The molecule has 2 aromatic carbocycles. The monoisotopic (exact) mass is 322 g/mol. The summed E-state index contributed by atoms with van der Waals surface area (Å²) in [5.74, 6) is -0.287. The minimum absolute atomic E-state index is 0.0178. The lowest BCUT2D eigenvalue weighted by molar-refractivity contribution is -0.118. The maximum absolute atomic E-state index is 14.0. The van der Waals surface area contributed by atoms with E-state index in [2.05, 4.69) is 30.1 Å². The summed E-state index contributed by atoms with van der Waals surface area (Å²) >= 11 is 0. The number of halogens is 1. The Morgan fingerprint density at radius 1 is 1.12 bits per heavy atom. The van der Waals surface area contributed by atoms with Gasteiger partial charge in [-0.1, -0.05) is 56.3 Å². The molecule has 3 nitrogen and oxygen atoms in total. The van der Waals surface area contributed by atoms with Crippen molar-refractivity contribution in [3.05, 3.63) is 71.6 Å². The summed E-state index contributed by atoms with van der Waals surface area (Å²) in [6, 6.07) is 14.8. The number of amides is 1. The third-order valence-corrected chi connectivity index (χ3v) is 5.29. The largest absolute Gasteiger partial charge is 0.335 e. The normalized spacial score (nSPS) is 24.1. The summed E-state index contributed by atoms with van der Waals surface area (Å²) < 4.78 is 14.0. The summed E-state index contributed by atoms with van der Waals surface area (Å²) in [6.45, 7) is 4.54. The lowest BCUT2D eigenvalue weighted by Crippen LogP contribution is -2.58. The van der Waals surface area contributed by atoms with Crippen molar-refractivity contribution in [1.82, 2.24) is 5.32 Å². The maximum atomic E-state index is 14.0. The van der Waals surface area contributed by atoms with Crippen LogP contribution in [0.3, 0.4) is 0 Å². The van der Waals surface area contributed by atoms with Gasteiger partial charge in [-0.2, -0.15) is 0 Å². The van der Waals surface area contributed by atoms with Crippen LogP contribution in [0, 0.1) is 5.82 Å². The van der Waals surface area contributed by atoms with Gasteiger partial charge in [0.25, 0.3) is 0 Å². The molecule has 122 valence electrons. The molecule has 2 aliphatic rings. The number of hydrogen-bond donors (Lipinski definition) is 1. The highest BCUT2D eigenvalue weighted by Crippen LogP contribution is 2.52. The lowest BCUT2D eigenvalue weighted by Gasteiger charge is -2.40. The van der Waals surface area contributed by atoms with Crippen molar-refractivity contribution in [2.75, 3.05) is 11.4 Å². The van der Waals surface area contributed by atoms with E-state index in [1.54, 1.807) is 24.3 Å². The number of benzene rings is 2. The zero-order chi connectivity index (χ0) is 16.9. The molecule has 0 saturated carbocycles. The first kappa shape index (κ1) is 14.9. The number of carbonyl (C=O) groups excluding carboxylic acids is 1. The summed E-state index contributed by atoms with van der Waals surface area (Å²) in [7, 11) is 0. The Morgan fingerprint density at radius 2 is 1.83 bits per heavy atom. The summed E-state index contributed by atoms with van der Waals surface area (Å²) in [5, 5.41) is 3.13. The molecular weight excluding hydrogens is 303 g/mol. The predicted molar refractivity (Wildman–Crippen MR) is 93.1 cm³/mol. The first-order chi connectivity index (χ1) is 11.5. The highest BCUT2D eigenvalue weighted by molar-refractivity contribution is 5.91. The molecule has 2 heterocycles. The van der Waals surface area contributed by atoms with Crippen molar-refractivity contribution in [1.29, 1.82) is 0 Å². The van der Waals surface area contributed by atoms with E-state index in [1.807, 2.05) is 24.3 Å². The average molecular weight is 322 g/mol. The molecule has 1 atom stereocenters. The van der Waals surface area contributed by atoms with Gasteiger partial charge in [-0.05, 0) is 23.8 Å². The van der Waals surface area contributed by atoms with Gasteiger partial charge in [0.2, 0.25) is 5.91 Å². The average Bonchev–Trinajstić information content (AvgIpc) is 2.99. The molecule has 1 N–H and O–H groups in total. The molecule has 1 amide bonds. The van der Waals surface area contributed by atoms with Crippen LogP contribution in [0.4, 0.5) is 10.1 Å². The van der Waals surface area contributed by atoms with Gasteiger partial charge in [0.1, 0.15) is 11.5 Å². The summed E-state index contributed by atoms with van der Waals surface area (Å²) in [5.41, 5.74) is 1.73. The SMILES string of the molecule is CC1(C)c2ccccc2N2CC(=O)NC21C=Cc1ccccc1F. The molecule has 0 aromatic heterocycles. The van der Waals surface area contributed by atoms with Crippen LogP contribution in [0.25, 0.3) is 6.08 Å². The van der Waals surface area contributed by atoms with E-state index in [0.717, 1.165) is 5.69 Å². The van der Waals surface area contributed by atoms with Gasteiger partial charge < -0.3 is 10.2 Å². The molecule has 0 radical (unpaired) electrons. The number of anilines is 1. The Morgan fingerprint density at radius 3 is 2.62 bits per heavy atom. The van der Waals surface area contributed by atoms with Crippen LogP contribution in [-0.4, -0.2) is 18.1 Å². The van der Waals surface area contributed by atoms with E-state index in [9.17, 15) is 9.18 Å². The highest BCUT2D eigenvalue weighted by Gasteiger charge is 2.59. The Bertz CT molecular complexity index is 858. The minimum atomic E-state index is -0.684. The molecule has 1 saturated heterocycles. The van der Waals surface area contributed by atoms with E-state index in [1.165, 1.54) is 11.6 Å². The molecular formula is C20H19FN2O. The minimum Gasteiger partial charge on any atom is -0.335 e. The first-order valence-corrected chi connectivity index (χ1v) is 8.08. The molecule has 0 spiro atoms. The van der Waals surface area contributed by atoms with Gasteiger partial charge in [0.05, 0.1) is 6.54 Å². The third-order valence-electron chi connectivity index (χ3n) is 5.29. The maximum Gasteiger partial charge on any atom is 0.241 e. The van der Waals surface area contributed by atoms with Crippen molar-refractivity contribution >= 4 is 17.7 Å². The number of nitrogens with one attached hydrogen (secondary N) is 1. The Balaban J connectivity index is 1.86. The van der Waals surface area contributed by atoms with Crippen molar-refractivity contribution in [2.24, 2.45) is 0 Å². The quantitative estimate of drug-likeness (QED) is 0.918. The van der Waals surface area contributed by atoms with Gasteiger partial charge in [-0.25, -0.2) is 4.39 Å². The Hall–Kier alpha value is -2.62. The van der Waals surface area contributed by atoms with Crippen LogP contribution in [-0.2, 0) is 10.2 Å². The van der Waals surface area contributed by atoms with Gasteiger partial charge in [-0.3, -0.25) is 4.79 Å². The lowest BCUT2D eigenvalue weighted by atomic mass is 9.75. The fourth-order valence-electron chi connectivity index (χ4n) is 3.96. The Kier molecular flexibility index (Phi) is 3.07. The highest BCUT2D eigenvalue weighted by atomic mass is 19.1. The topological polar surface area (TPSA) is 32.3 Å². The molecule has 0 bridgehead atoms. The molecule has 0 aliphatic carbocycles. The van der Waals surface area contributed by atoms with E-state index in [0.29, 0.717) is 12.1 Å². The number of fused-ring (bicyclic) bond motifs is 3. The Labute approximate surface area is 140 Å². The first-order valence-electron chi connectivity index (χ1n) is 8.08. The van der Waals surface area contributed by atoms with Crippen LogP contribution in [0.1, 0.15) is 25.0 Å². The van der Waals surface area contributed by atoms with Crippen LogP contribution in [0.2, 0.25) is 0 Å². The van der Waals surface area contributed by atoms with Crippen LogP contribution >= 0.6 is 0 Å². The zero-order valence-corrected chi connectivity index (χ0v) is 13.7. The van der Waals surface area contributed by atoms with E-state index >= 15 is 0 Å². The van der Waals surface area contributed by atoms with Gasteiger partial charge >= 0.3 is 0 Å². The van der Waals surface area contributed by atoms with E-state index < -0.39 is 5.66 Å². The predicted octanol–water partition coefficient (Wildman–Crippen LogP) is 3.46. The summed E-state index contributed by atoms with van der Waals surface area (Å²) in [6.07, 6.45) is 3.69. The fraction of sp³-hybridized carbons (Fsp3) is 0.250. The molecule has 4 rings (SSSR count). The van der Waals surface area contributed by atoms with Crippen molar-refractivity contribution in [3.63, 3.8) is 0 Å². The molecule has 4 heteroatoms. The van der Waals surface area contributed by atoms with Crippen molar-refractivity contribution in [3.8, 4) is 0 Å². The second-order valence-electron chi connectivity index (χ2n) is 6.90. The summed E-state index contributed by atoms with van der Waals surface area (Å²) in [4.78, 5) is 14.3. The zero-order valence-electron chi connectivity index (χ0n) is 13.7.